The lowest BCUT2D eigenvalue weighted by molar-refractivity contribution is -0.147. The Bertz CT molecular complexity index is 416. The Balaban J connectivity index is 0. The summed E-state index contributed by atoms with van der Waals surface area (Å²) < 4.78 is 14.0. The highest BCUT2D eigenvalue weighted by molar-refractivity contribution is 5.70. The second-order valence-electron chi connectivity index (χ2n) is 8.18. The Hall–Kier alpha value is -1.59. The molecule has 0 rings (SSSR count). The highest BCUT2D eigenvalue weighted by Gasteiger charge is 2.04. The molecule has 0 saturated heterocycles. The minimum Gasteiger partial charge on any atom is -0.469 e. The van der Waals surface area contributed by atoms with E-state index in [1.807, 2.05) is 13.8 Å². The summed E-state index contributed by atoms with van der Waals surface area (Å²) in [6.45, 7) is 6.06. The van der Waals surface area contributed by atoms with Crippen LogP contribution in [0.25, 0.3) is 0 Å². The average molecular weight is 445 g/mol. The van der Waals surface area contributed by atoms with Crippen molar-refractivity contribution in [1.29, 1.82) is 0 Å². The third kappa shape index (κ3) is 28.4. The van der Waals surface area contributed by atoms with Gasteiger partial charge >= 0.3 is 17.9 Å². The summed E-state index contributed by atoms with van der Waals surface area (Å²) in [4.78, 5) is 32.5. The molecule has 6 heteroatoms. The van der Waals surface area contributed by atoms with E-state index in [0.29, 0.717) is 32.1 Å². The number of carbonyl (C=O) groups excluding carboxylic acids is 3. The van der Waals surface area contributed by atoms with Crippen LogP contribution in [-0.2, 0) is 28.6 Å². The van der Waals surface area contributed by atoms with Crippen molar-refractivity contribution < 1.29 is 28.6 Å². The minimum atomic E-state index is -0.236. The zero-order valence-electron chi connectivity index (χ0n) is 20.8. The van der Waals surface area contributed by atoms with Crippen LogP contribution in [0, 0.1) is 0 Å². The third-order valence-electron chi connectivity index (χ3n) is 4.82. The van der Waals surface area contributed by atoms with Gasteiger partial charge in [-0.25, -0.2) is 0 Å². The lowest BCUT2D eigenvalue weighted by Crippen LogP contribution is -2.10. The van der Waals surface area contributed by atoms with E-state index in [9.17, 15) is 14.4 Å². The maximum absolute atomic E-state index is 11.3. The standard InChI is InChI=1S/C17H34O2.C8H14O4/c1-4-5-6-7-8-9-10-11-12-13-14-15-17(18)19-16(2)3;1-11-7(9)5-3-4-6-8(10)12-2/h16H,4-15H2,1-3H3;3-6H2,1-2H3. The first-order chi connectivity index (χ1) is 14.9. The predicted octanol–water partition coefficient (Wildman–Crippen LogP) is 6.53. The largest absolute Gasteiger partial charge is 0.469 e. The van der Waals surface area contributed by atoms with Crippen LogP contribution in [0.5, 0.6) is 0 Å². The van der Waals surface area contributed by atoms with Crippen LogP contribution in [0.2, 0.25) is 0 Å². The molecule has 6 nitrogen and oxygen atoms in total. The highest BCUT2D eigenvalue weighted by atomic mass is 16.5. The molecule has 0 radical (unpaired) electrons. The van der Waals surface area contributed by atoms with Gasteiger partial charge in [0.05, 0.1) is 20.3 Å². The molecule has 0 fully saturated rings. The van der Waals surface area contributed by atoms with Crippen LogP contribution < -0.4 is 0 Å². The second-order valence-corrected chi connectivity index (χ2v) is 8.18. The van der Waals surface area contributed by atoms with Gasteiger partial charge in [0.1, 0.15) is 0 Å². The van der Waals surface area contributed by atoms with E-state index in [1.54, 1.807) is 0 Å². The first-order valence-electron chi connectivity index (χ1n) is 12.2. The number of esters is 3. The maximum Gasteiger partial charge on any atom is 0.306 e. The van der Waals surface area contributed by atoms with Gasteiger partial charge in [0.25, 0.3) is 0 Å². The smallest absolute Gasteiger partial charge is 0.306 e. The van der Waals surface area contributed by atoms with Gasteiger partial charge in [0.2, 0.25) is 0 Å². The van der Waals surface area contributed by atoms with E-state index in [1.165, 1.54) is 78.4 Å². The van der Waals surface area contributed by atoms with E-state index < -0.39 is 0 Å². The summed E-state index contributed by atoms with van der Waals surface area (Å²) in [7, 11) is 2.70. The number of ether oxygens (including phenoxy) is 3. The molecule has 31 heavy (non-hydrogen) atoms. The molecule has 184 valence electrons. The van der Waals surface area contributed by atoms with Crippen LogP contribution in [-0.4, -0.2) is 38.2 Å². The molecule has 0 aliphatic heterocycles. The molecule has 0 unspecified atom stereocenters. The Morgan fingerprint density at radius 1 is 0.548 bits per heavy atom. The van der Waals surface area contributed by atoms with Gasteiger partial charge < -0.3 is 14.2 Å². The Kier molecular flexibility index (Phi) is 25.2. The van der Waals surface area contributed by atoms with Gasteiger partial charge in [-0.2, -0.15) is 0 Å². The lowest BCUT2D eigenvalue weighted by Gasteiger charge is -2.07. The molecule has 0 saturated carbocycles. The van der Waals surface area contributed by atoms with Crippen molar-refractivity contribution in [3.8, 4) is 0 Å². The molecular formula is C25H48O6. The van der Waals surface area contributed by atoms with Crippen molar-refractivity contribution in [3.05, 3.63) is 0 Å². The normalized spacial score (nSPS) is 10.3. The first kappa shape index (κ1) is 31.6. The van der Waals surface area contributed by atoms with E-state index in [0.717, 1.165) is 6.42 Å². The topological polar surface area (TPSA) is 78.9 Å². The van der Waals surface area contributed by atoms with E-state index >= 15 is 0 Å². The molecule has 0 aromatic rings. The maximum atomic E-state index is 11.3. The van der Waals surface area contributed by atoms with E-state index in [4.69, 9.17) is 4.74 Å². The highest BCUT2D eigenvalue weighted by Crippen LogP contribution is 2.12. The predicted molar refractivity (Wildman–Crippen MR) is 125 cm³/mol. The van der Waals surface area contributed by atoms with Gasteiger partial charge in [0.15, 0.2) is 0 Å². The molecule has 0 aromatic heterocycles. The Morgan fingerprint density at radius 2 is 0.871 bits per heavy atom. The molecule has 0 N–H and O–H groups in total. The van der Waals surface area contributed by atoms with Crippen LogP contribution in [0.1, 0.15) is 124 Å². The summed E-state index contributed by atoms with van der Waals surface area (Å²) in [6, 6.07) is 0. The first-order valence-corrected chi connectivity index (χ1v) is 12.2. The molecule has 0 aliphatic carbocycles. The van der Waals surface area contributed by atoms with Crippen LogP contribution in [0.15, 0.2) is 0 Å². The van der Waals surface area contributed by atoms with Crippen molar-refractivity contribution >= 4 is 17.9 Å². The number of unbranched alkanes of at least 4 members (excludes halogenated alkanes) is 11. The number of hydrogen-bond acceptors (Lipinski definition) is 6. The quantitative estimate of drug-likeness (QED) is 0.136. The second kappa shape index (κ2) is 24.7. The van der Waals surface area contributed by atoms with Gasteiger partial charge in [-0.1, -0.05) is 71.1 Å². The van der Waals surface area contributed by atoms with Gasteiger partial charge in [-0.15, -0.1) is 0 Å². The van der Waals surface area contributed by atoms with E-state index in [2.05, 4.69) is 16.4 Å². The van der Waals surface area contributed by atoms with Crippen molar-refractivity contribution in [2.75, 3.05) is 14.2 Å². The van der Waals surface area contributed by atoms with Crippen LogP contribution in [0.4, 0.5) is 0 Å². The molecule has 0 heterocycles. The SMILES string of the molecule is CCCCCCCCCCCCCC(=O)OC(C)C.COC(=O)CCCCC(=O)OC. The summed E-state index contributed by atoms with van der Waals surface area (Å²) in [5.74, 6) is -0.509. The summed E-state index contributed by atoms with van der Waals surface area (Å²) >= 11 is 0. The average Bonchev–Trinajstić information content (AvgIpc) is 2.74. The monoisotopic (exact) mass is 444 g/mol. The lowest BCUT2D eigenvalue weighted by atomic mass is 10.1. The number of carbonyl (C=O) groups is 3. The molecule has 0 bridgehead atoms. The van der Waals surface area contributed by atoms with Crippen LogP contribution in [0.3, 0.4) is 0 Å². The number of hydrogen-bond donors (Lipinski definition) is 0. The van der Waals surface area contributed by atoms with Crippen LogP contribution >= 0.6 is 0 Å². The number of rotatable bonds is 18. The zero-order chi connectivity index (χ0) is 23.7. The third-order valence-corrected chi connectivity index (χ3v) is 4.82. The number of methoxy groups -OCH3 is 2. The fourth-order valence-corrected chi connectivity index (χ4v) is 3.00. The van der Waals surface area contributed by atoms with Crippen molar-refractivity contribution in [2.24, 2.45) is 0 Å². The summed E-state index contributed by atoms with van der Waals surface area (Å²) in [5, 5.41) is 0. The van der Waals surface area contributed by atoms with E-state index in [-0.39, 0.29) is 24.0 Å². The van der Waals surface area contributed by atoms with Gasteiger partial charge in [0, 0.05) is 19.3 Å². The summed E-state index contributed by atoms with van der Waals surface area (Å²) in [5.41, 5.74) is 0. The van der Waals surface area contributed by atoms with Crippen molar-refractivity contribution in [2.45, 2.75) is 130 Å². The molecule has 0 amide bonds. The molecule has 0 aromatic carbocycles. The molecule has 0 spiro atoms. The Morgan fingerprint density at radius 3 is 1.23 bits per heavy atom. The molecule has 0 aliphatic rings. The molecule has 0 atom stereocenters. The Labute approximate surface area is 190 Å². The van der Waals surface area contributed by atoms with Crippen molar-refractivity contribution in [1.82, 2.24) is 0 Å². The molecular weight excluding hydrogens is 396 g/mol. The zero-order valence-corrected chi connectivity index (χ0v) is 20.8. The minimum absolute atomic E-state index is 0.0280. The van der Waals surface area contributed by atoms with Gasteiger partial charge in [-0.3, -0.25) is 14.4 Å². The van der Waals surface area contributed by atoms with Gasteiger partial charge in [-0.05, 0) is 33.1 Å². The summed E-state index contributed by atoms with van der Waals surface area (Å²) in [6.07, 6.45) is 17.2. The fourth-order valence-electron chi connectivity index (χ4n) is 3.00. The van der Waals surface area contributed by atoms with Crippen molar-refractivity contribution in [3.63, 3.8) is 0 Å². The fraction of sp³-hybridized carbons (Fsp3) is 0.880.